The maximum atomic E-state index is 12.3. The molecule has 7 heteroatoms. The summed E-state index contributed by atoms with van der Waals surface area (Å²) < 4.78 is 27.2. The molecule has 1 atom stereocenters. The fourth-order valence-corrected chi connectivity index (χ4v) is 3.78. The normalized spacial score (nSPS) is 13.2. The number of hydrogen-bond acceptors (Lipinski definition) is 5. The van der Waals surface area contributed by atoms with Gasteiger partial charge in [-0.25, -0.2) is 18.1 Å². The standard InChI is InChI=1S/C14H19N3O2S2/c1-3-13(15-2)11-5-4-6-12(9-11)21(18,19)17-10-14-16-7-8-20-14/h4-9,13,15,17H,3,10H2,1-2H3. The lowest BCUT2D eigenvalue weighted by Gasteiger charge is -2.15. The molecule has 2 N–H and O–H groups in total. The van der Waals surface area contributed by atoms with Crippen LogP contribution in [0.15, 0.2) is 40.7 Å². The number of hydrogen-bond donors (Lipinski definition) is 2. The maximum Gasteiger partial charge on any atom is 0.240 e. The quantitative estimate of drug-likeness (QED) is 0.819. The van der Waals surface area contributed by atoms with Gasteiger partial charge in [-0.15, -0.1) is 11.3 Å². The van der Waals surface area contributed by atoms with E-state index >= 15 is 0 Å². The average Bonchev–Trinajstić information content (AvgIpc) is 3.00. The third kappa shape index (κ3) is 4.10. The van der Waals surface area contributed by atoms with Gasteiger partial charge in [0.15, 0.2) is 0 Å². The first-order chi connectivity index (χ1) is 10.1. The van der Waals surface area contributed by atoms with Crippen LogP contribution in [0, 0.1) is 0 Å². The molecule has 0 fully saturated rings. The predicted molar refractivity (Wildman–Crippen MR) is 84.7 cm³/mol. The van der Waals surface area contributed by atoms with Crippen molar-refractivity contribution in [2.24, 2.45) is 0 Å². The molecule has 0 bridgehead atoms. The van der Waals surface area contributed by atoms with Crippen molar-refractivity contribution >= 4 is 21.4 Å². The van der Waals surface area contributed by atoms with Gasteiger partial charge in [-0.05, 0) is 31.2 Å². The fourth-order valence-electron chi connectivity index (χ4n) is 2.09. The number of thiazole rings is 1. The summed E-state index contributed by atoms with van der Waals surface area (Å²) in [5, 5.41) is 5.75. The minimum absolute atomic E-state index is 0.152. The molecule has 114 valence electrons. The smallest absolute Gasteiger partial charge is 0.240 e. The molecule has 0 aliphatic rings. The van der Waals surface area contributed by atoms with Gasteiger partial charge in [-0.3, -0.25) is 0 Å². The molecule has 5 nitrogen and oxygen atoms in total. The molecule has 1 aromatic heterocycles. The molecular formula is C14H19N3O2S2. The summed E-state index contributed by atoms with van der Waals surface area (Å²) in [4.78, 5) is 4.35. The third-order valence-electron chi connectivity index (χ3n) is 3.22. The first-order valence-electron chi connectivity index (χ1n) is 6.72. The second-order valence-corrected chi connectivity index (χ2v) is 7.32. The number of rotatable bonds is 7. The van der Waals surface area contributed by atoms with Crippen LogP contribution in [0.2, 0.25) is 0 Å². The SMILES string of the molecule is CCC(NC)c1cccc(S(=O)(=O)NCc2nccs2)c1. The van der Waals surface area contributed by atoms with Gasteiger partial charge in [0.2, 0.25) is 10.0 Å². The van der Waals surface area contributed by atoms with Crippen molar-refractivity contribution in [3.63, 3.8) is 0 Å². The molecule has 0 spiro atoms. The monoisotopic (exact) mass is 325 g/mol. The Morgan fingerprint density at radius 2 is 2.19 bits per heavy atom. The molecule has 0 amide bonds. The largest absolute Gasteiger partial charge is 0.313 e. The Labute approximate surface area is 129 Å². The zero-order valence-corrected chi connectivity index (χ0v) is 13.7. The van der Waals surface area contributed by atoms with E-state index in [1.54, 1.807) is 24.4 Å². The Hall–Kier alpha value is -1.28. The summed E-state index contributed by atoms with van der Waals surface area (Å²) in [5.41, 5.74) is 0.970. The number of nitrogens with one attached hydrogen (secondary N) is 2. The second-order valence-electron chi connectivity index (χ2n) is 4.57. The molecule has 1 heterocycles. The zero-order chi connectivity index (χ0) is 15.3. The number of benzene rings is 1. The van der Waals surface area contributed by atoms with Crippen LogP contribution in [0.4, 0.5) is 0 Å². The minimum atomic E-state index is -3.52. The van der Waals surface area contributed by atoms with E-state index in [4.69, 9.17) is 0 Å². The Bertz CT molecular complexity index is 665. The molecule has 1 unspecified atom stereocenters. The van der Waals surface area contributed by atoms with Crippen molar-refractivity contribution in [1.29, 1.82) is 0 Å². The lowest BCUT2D eigenvalue weighted by atomic mass is 10.1. The topological polar surface area (TPSA) is 71.1 Å². The maximum absolute atomic E-state index is 12.3. The first kappa shape index (κ1) is 16.1. The Morgan fingerprint density at radius 3 is 2.81 bits per heavy atom. The number of aromatic nitrogens is 1. The summed E-state index contributed by atoms with van der Waals surface area (Å²) >= 11 is 1.43. The van der Waals surface area contributed by atoms with E-state index < -0.39 is 10.0 Å². The minimum Gasteiger partial charge on any atom is -0.313 e. The Kier molecular flexibility index (Phi) is 5.46. The molecule has 21 heavy (non-hydrogen) atoms. The molecule has 1 aromatic carbocycles. The van der Waals surface area contributed by atoms with E-state index in [0.717, 1.165) is 17.0 Å². The van der Waals surface area contributed by atoms with Crippen LogP contribution in [0.25, 0.3) is 0 Å². The van der Waals surface area contributed by atoms with Crippen molar-refractivity contribution in [2.75, 3.05) is 7.05 Å². The summed E-state index contributed by atoms with van der Waals surface area (Å²) in [6.07, 6.45) is 2.56. The fraction of sp³-hybridized carbons (Fsp3) is 0.357. The summed E-state index contributed by atoms with van der Waals surface area (Å²) in [6.45, 7) is 2.27. The van der Waals surface area contributed by atoms with Gasteiger partial charge >= 0.3 is 0 Å². The van der Waals surface area contributed by atoms with E-state index in [9.17, 15) is 8.42 Å². The second kappa shape index (κ2) is 7.13. The summed E-state index contributed by atoms with van der Waals surface area (Å²) in [5.74, 6) is 0. The highest BCUT2D eigenvalue weighted by Crippen LogP contribution is 2.20. The van der Waals surface area contributed by atoms with E-state index in [0.29, 0.717) is 0 Å². The lowest BCUT2D eigenvalue weighted by Crippen LogP contribution is -2.23. The molecule has 0 radical (unpaired) electrons. The molecule has 2 aromatic rings. The van der Waals surface area contributed by atoms with Gasteiger partial charge in [-0.2, -0.15) is 0 Å². The van der Waals surface area contributed by atoms with Crippen LogP contribution >= 0.6 is 11.3 Å². The number of sulfonamides is 1. The van der Waals surface area contributed by atoms with Crippen LogP contribution in [0.5, 0.6) is 0 Å². The van der Waals surface area contributed by atoms with E-state index in [-0.39, 0.29) is 17.5 Å². The Balaban J connectivity index is 2.17. The Morgan fingerprint density at radius 1 is 1.38 bits per heavy atom. The highest BCUT2D eigenvalue weighted by molar-refractivity contribution is 7.89. The van der Waals surface area contributed by atoms with Gasteiger partial charge in [0.05, 0.1) is 11.4 Å². The third-order valence-corrected chi connectivity index (χ3v) is 5.40. The van der Waals surface area contributed by atoms with E-state index in [1.165, 1.54) is 11.3 Å². The van der Waals surface area contributed by atoms with Crippen molar-refractivity contribution < 1.29 is 8.42 Å². The van der Waals surface area contributed by atoms with Crippen LogP contribution in [0.1, 0.15) is 30.0 Å². The van der Waals surface area contributed by atoms with Gasteiger partial charge < -0.3 is 5.32 Å². The molecule has 0 saturated heterocycles. The van der Waals surface area contributed by atoms with Gasteiger partial charge in [0.1, 0.15) is 5.01 Å². The van der Waals surface area contributed by atoms with Crippen LogP contribution in [-0.4, -0.2) is 20.4 Å². The highest BCUT2D eigenvalue weighted by atomic mass is 32.2. The number of nitrogens with zero attached hydrogens (tertiary/aromatic N) is 1. The van der Waals surface area contributed by atoms with E-state index in [2.05, 4.69) is 21.9 Å². The van der Waals surface area contributed by atoms with Crippen LogP contribution in [0.3, 0.4) is 0 Å². The predicted octanol–water partition coefficient (Wildman–Crippen LogP) is 2.29. The van der Waals surface area contributed by atoms with E-state index in [1.807, 2.05) is 18.5 Å². The molecule has 0 aliphatic heterocycles. The molecule has 2 rings (SSSR count). The first-order valence-corrected chi connectivity index (χ1v) is 9.08. The van der Waals surface area contributed by atoms with Crippen LogP contribution < -0.4 is 10.0 Å². The van der Waals surface area contributed by atoms with Gasteiger partial charge in [0.25, 0.3) is 0 Å². The summed E-state index contributed by atoms with van der Waals surface area (Å²) in [7, 11) is -1.65. The van der Waals surface area contributed by atoms with Crippen molar-refractivity contribution in [2.45, 2.75) is 30.8 Å². The van der Waals surface area contributed by atoms with Gasteiger partial charge in [0, 0.05) is 17.6 Å². The average molecular weight is 325 g/mol. The zero-order valence-electron chi connectivity index (χ0n) is 12.0. The highest BCUT2D eigenvalue weighted by Gasteiger charge is 2.16. The van der Waals surface area contributed by atoms with Crippen molar-refractivity contribution in [3.8, 4) is 0 Å². The van der Waals surface area contributed by atoms with Gasteiger partial charge in [-0.1, -0.05) is 19.1 Å². The molecule has 0 saturated carbocycles. The van der Waals surface area contributed by atoms with Crippen molar-refractivity contribution in [3.05, 3.63) is 46.4 Å². The van der Waals surface area contributed by atoms with Crippen LogP contribution in [-0.2, 0) is 16.6 Å². The molecular weight excluding hydrogens is 306 g/mol. The lowest BCUT2D eigenvalue weighted by molar-refractivity contribution is 0.570. The van der Waals surface area contributed by atoms with Crippen molar-refractivity contribution in [1.82, 2.24) is 15.0 Å². The summed E-state index contributed by atoms with van der Waals surface area (Å²) in [6, 6.07) is 7.18. The molecule has 0 aliphatic carbocycles.